The molecule has 2 saturated heterocycles. The first-order chi connectivity index (χ1) is 17.0. The van der Waals surface area contributed by atoms with Crippen LogP contribution in [-0.4, -0.2) is 38.8 Å². The van der Waals surface area contributed by atoms with Crippen LogP contribution in [0, 0.1) is 17.8 Å². The fourth-order valence-electron chi connectivity index (χ4n) is 6.39. The van der Waals surface area contributed by atoms with Gasteiger partial charge in [0.25, 0.3) is 0 Å². The molecule has 0 spiro atoms. The lowest BCUT2D eigenvalue weighted by Gasteiger charge is -2.63. The Bertz CT molecular complexity index is 1370. The molecule has 0 bridgehead atoms. The maximum Gasteiger partial charge on any atom is 0.413 e. The number of thiazole rings is 1. The van der Waals surface area contributed by atoms with Crippen molar-refractivity contribution in [2.24, 2.45) is 10.8 Å². The van der Waals surface area contributed by atoms with E-state index in [2.05, 4.69) is 34.6 Å². The first-order valence-corrected chi connectivity index (χ1v) is 13.4. The van der Waals surface area contributed by atoms with Crippen LogP contribution in [0.1, 0.15) is 66.5 Å². The van der Waals surface area contributed by atoms with Gasteiger partial charge in [0, 0.05) is 22.9 Å². The van der Waals surface area contributed by atoms with Crippen LogP contribution in [-0.2, 0) is 20.2 Å². The maximum atomic E-state index is 13.7. The van der Waals surface area contributed by atoms with Gasteiger partial charge in [-0.15, -0.1) is 11.3 Å². The average Bonchev–Trinajstić information content (AvgIpc) is 3.21. The monoisotopic (exact) mass is 524 g/mol. The van der Waals surface area contributed by atoms with E-state index < -0.39 is 33.9 Å². The Kier molecular flexibility index (Phi) is 5.55. The lowest BCUT2D eigenvalue weighted by atomic mass is 9.57. The van der Waals surface area contributed by atoms with Crippen LogP contribution in [0.3, 0.4) is 0 Å². The number of rotatable bonds is 2. The molecular weight excluding hydrogens is 488 g/mol. The Labute approximate surface area is 222 Å². The summed E-state index contributed by atoms with van der Waals surface area (Å²) in [6.45, 7) is 18.3. The molecule has 2 aliphatic heterocycles. The van der Waals surface area contributed by atoms with Crippen molar-refractivity contribution in [3.8, 4) is 16.3 Å². The van der Waals surface area contributed by atoms with Crippen LogP contribution < -0.4 is 0 Å². The second-order valence-electron chi connectivity index (χ2n) is 12.9. The third kappa shape index (κ3) is 3.52. The predicted molar refractivity (Wildman–Crippen MR) is 144 cm³/mol. The van der Waals surface area contributed by atoms with Gasteiger partial charge in [-0.25, -0.2) is 14.7 Å². The molecule has 2 unspecified atom stereocenters. The van der Waals surface area contributed by atoms with Gasteiger partial charge in [0.15, 0.2) is 5.60 Å². The van der Waals surface area contributed by atoms with Crippen LogP contribution in [0.2, 0.25) is 0 Å². The SMILES string of the molecule is Cc1cc(-c2nc3ccccc3s2)c(O)cc1C12OOC1(C(C)(C)C)C(C)(C)CN2C(=O)OC(C)(C)C. The van der Waals surface area contributed by atoms with Crippen molar-refractivity contribution in [1.29, 1.82) is 0 Å². The van der Waals surface area contributed by atoms with Crippen molar-refractivity contribution in [2.45, 2.75) is 79.2 Å². The van der Waals surface area contributed by atoms with E-state index >= 15 is 0 Å². The minimum absolute atomic E-state index is 0.0705. The molecule has 8 heteroatoms. The number of phenols is 1. The summed E-state index contributed by atoms with van der Waals surface area (Å²) < 4.78 is 6.90. The van der Waals surface area contributed by atoms with Gasteiger partial charge in [-0.3, -0.25) is 4.90 Å². The number of fused-ring (bicyclic) bond motifs is 2. The molecule has 5 rings (SSSR count). The number of amides is 1. The van der Waals surface area contributed by atoms with Crippen molar-refractivity contribution in [3.63, 3.8) is 0 Å². The maximum absolute atomic E-state index is 13.7. The number of phenolic OH excluding ortho intramolecular Hbond substituents is 1. The van der Waals surface area contributed by atoms with Crippen LogP contribution in [0.15, 0.2) is 36.4 Å². The summed E-state index contributed by atoms with van der Waals surface area (Å²) in [5.74, 6) is 0.0705. The lowest BCUT2D eigenvalue weighted by Crippen LogP contribution is -2.76. The van der Waals surface area contributed by atoms with Crippen molar-refractivity contribution >= 4 is 27.6 Å². The molecule has 2 atom stereocenters. The van der Waals surface area contributed by atoms with Crippen molar-refractivity contribution in [2.75, 3.05) is 6.54 Å². The van der Waals surface area contributed by atoms with E-state index in [0.717, 1.165) is 20.8 Å². The normalized spacial score (nSPS) is 25.2. The Morgan fingerprint density at radius 2 is 1.78 bits per heavy atom. The van der Waals surface area contributed by atoms with E-state index in [1.54, 1.807) is 11.0 Å². The molecule has 1 amide bonds. The lowest BCUT2D eigenvalue weighted by molar-refractivity contribution is -0.604. The third-order valence-corrected chi connectivity index (χ3v) is 8.62. The minimum atomic E-state index is -1.29. The van der Waals surface area contributed by atoms with E-state index in [1.807, 2.05) is 58.0 Å². The Balaban J connectivity index is 1.70. The van der Waals surface area contributed by atoms with Crippen molar-refractivity contribution in [3.05, 3.63) is 47.5 Å². The summed E-state index contributed by atoms with van der Waals surface area (Å²) >= 11 is 1.53. The van der Waals surface area contributed by atoms with Gasteiger partial charge in [-0.2, -0.15) is 4.89 Å². The molecule has 0 radical (unpaired) electrons. The Morgan fingerprint density at radius 1 is 1.11 bits per heavy atom. The zero-order valence-electron chi connectivity index (χ0n) is 23.1. The van der Waals surface area contributed by atoms with E-state index in [-0.39, 0.29) is 5.75 Å². The molecule has 1 aromatic heterocycles. The zero-order valence-corrected chi connectivity index (χ0v) is 23.9. The van der Waals surface area contributed by atoms with E-state index in [4.69, 9.17) is 19.5 Å². The smallest absolute Gasteiger partial charge is 0.413 e. The number of hydrogen-bond acceptors (Lipinski definition) is 7. The quantitative estimate of drug-likeness (QED) is 0.359. The molecule has 2 aliphatic rings. The molecule has 7 nitrogen and oxygen atoms in total. The summed E-state index contributed by atoms with van der Waals surface area (Å²) in [6, 6.07) is 11.5. The molecule has 0 aliphatic carbocycles. The minimum Gasteiger partial charge on any atom is -0.507 e. The van der Waals surface area contributed by atoms with E-state index in [9.17, 15) is 9.90 Å². The molecule has 1 N–H and O–H groups in total. The number of benzene rings is 2. The number of hydrogen-bond donors (Lipinski definition) is 1. The summed E-state index contributed by atoms with van der Waals surface area (Å²) in [6.07, 6.45) is -0.482. The molecule has 0 saturated carbocycles. The first kappa shape index (κ1) is 25.9. The predicted octanol–water partition coefficient (Wildman–Crippen LogP) is 7.15. The number of ether oxygens (including phenoxy) is 1. The number of likely N-dealkylation sites (tertiary alicyclic amines) is 1. The molecule has 37 heavy (non-hydrogen) atoms. The highest BCUT2D eigenvalue weighted by molar-refractivity contribution is 7.21. The van der Waals surface area contributed by atoms with Crippen LogP contribution >= 0.6 is 11.3 Å². The number of aryl methyl sites for hydroxylation is 1. The average molecular weight is 525 g/mol. The number of aromatic hydroxyl groups is 1. The Morgan fingerprint density at radius 3 is 2.35 bits per heavy atom. The van der Waals surface area contributed by atoms with Gasteiger partial charge in [0.2, 0.25) is 5.72 Å². The number of carbonyl (C=O) groups is 1. The summed E-state index contributed by atoms with van der Waals surface area (Å²) in [5, 5.41) is 12.1. The number of carbonyl (C=O) groups excluding carboxylic acids is 1. The molecule has 2 aromatic carbocycles. The van der Waals surface area contributed by atoms with Crippen molar-refractivity contribution < 1.29 is 24.4 Å². The van der Waals surface area contributed by atoms with Crippen LogP contribution in [0.25, 0.3) is 20.8 Å². The summed E-state index contributed by atoms with van der Waals surface area (Å²) in [5.41, 5.74) is -0.743. The number of para-hydroxylation sites is 1. The van der Waals surface area contributed by atoms with Gasteiger partial charge in [0.05, 0.1) is 15.8 Å². The highest BCUT2D eigenvalue weighted by atomic mass is 32.1. The van der Waals surface area contributed by atoms with Gasteiger partial charge in [-0.05, 0) is 57.5 Å². The van der Waals surface area contributed by atoms with Crippen LogP contribution in [0.5, 0.6) is 5.75 Å². The second kappa shape index (κ2) is 7.91. The fourth-order valence-corrected chi connectivity index (χ4v) is 7.38. The van der Waals surface area contributed by atoms with Crippen LogP contribution in [0.4, 0.5) is 4.79 Å². The summed E-state index contributed by atoms with van der Waals surface area (Å²) in [4.78, 5) is 32.2. The number of aromatic nitrogens is 1. The zero-order chi connectivity index (χ0) is 27.2. The molecule has 198 valence electrons. The van der Waals surface area contributed by atoms with Gasteiger partial charge < -0.3 is 9.84 Å². The highest BCUT2D eigenvalue weighted by Crippen LogP contribution is 2.70. The Hall–Kier alpha value is -2.68. The van der Waals surface area contributed by atoms with Gasteiger partial charge in [-0.1, -0.05) is 46.8 Å². The largest absolute Gasteiger partial charge is 0.507 e. The molecule has 2 fully saturated rings. The standard InChI is InChI=1S/C29H36N2O5S/c1-17-14-18(23-30-20-12-10-11-13-22(20)37-23)21(32)15-19(17)28-29(36-35-28,25(2,3)4)27(8,9)16-31(28)24(33)34-26(5,6)7/h10-15,32H,16H2,1-9H3. The van der Waals surface area contributed by atoms with E-state index in [1.165, 1.54) is 11.3 Å². The highest BCUT2D eigenvalue weighted by Gasteiger charge is 2.84. The molecule has 3 heterocycles. The van der Waals surface area contributed by atoms with E-state index in [0.29, 0.717) is 17.7 Å². The van der Waals surface area contributed by atoms with Gasteiger partial charge in [0.1, 0.15) is 16.4 Å². The third-order valence-electron chi connectivity index (χ3n) is 7.55. The first-order valence-electron chi connectivity index (χ1n) is 12.6. The fraction of sp³-hybridized carbons (Fsp3) is 0.517. The van der Waals surface area contributed by atoms with Gasteiger partial charge >= 0.3 is 6.09 Å². The van der Waals surface area contributed by atoms with Crippen molar-refractivity contribution in [1.82, 2.24) is 9.88 Å². The number of nitrogens with zero attached hydrogens (tertiary/aromatic N) is 2. The molecular formula is C29H36N2O5S. The molecule has 3 aromatic rings. The topological polar surface area (TPSA) is 81.1 Å². The summed E-state index contributed by atoms with van der Waals surface area (Å²) in [7, 11) is 0. The second-order valence-corrected chi connectivity index (χ2v) is 13.9.